The monoisotopic (exact) mass is 431 g/mol. The number of pyridine rings is 1. The molecule has 5 nitrogen and oxygen atoms in total. The molecule has 5 aromatic rings. The van der Waals surface area contributed by atoms with Crippen LogP contribution in [0.3, 0.4) is 0 Å². The summed E-state index contributed by atoms with van der Waals surface area (Å²) < 4.78 is 5.45. The van der Waals surface area contributed by atoms with E-state index in [1.165, 1.54) is 0 Å². The number of fused-ring (bicyclic) bond motifs is 2. The molecule has 1 amide bonds. The summed E-state index contributed by atoms with van der Waals surface area (Å²) in [5.41, 5.74) is 6.54. The number of amides is 1. The van der Waals surface area contributed by atoms with Gasteiger partial charge in [-0.25, -0.2) is 10.4 Å². The van der Waals surface area contributed by atoms with Crippen LogP contribution in [0, 0.1) is 0 Å². The quantitative estimate of drug-likeness (QED) is 0.281. The van der Waals surface area contributed by atoms with Crippen molar-refractivity contribution in [1.82, 2.24) is 10.4 Å². The number of aromatic nitrogens is 1. The van der Waals surface area contributed by atoms with E-state index < -0.39 is 0 Å². The van der Waals surface area contributed by atoms with E-state index in [0.29, 0.717) is 5.56 Å². The van der Waals surface area contributed by atoms with Gasteiger partial charge in [-0.3, -0.25) is 4.79 Å². The van der Waals surface area contributed by atoms with Crippen LogP contribution in [0.4, 0.5) is 0 Å². The molecule has 1 N–H and O–H groups in total. The number of para-hydroxylation sites is 1. The first-order valence-electron chi connectivity index (χ1n) is 10.6. The van der Waals surface area contributed by atoms with Crippen molar-refractivity contribution in [1.29, 1.82) is 0 Å². The first-order chi connectivity index (χ1) is 16.2. The van der Waals surface area contributed by atoms with E-state index >= 15 is 0 Å². The third-order valence-corrected chi connectivity index (χ3v) is 5.54. The number of carbonyl (C=O) groups is 1. The molecule has 0 saturated heterocycles. The Morgan fingerprint density at radius 1 is 0.848 bits per heavy atom. The Morgan fingerprint density at radius 2 is 1.55 bits per heavy atom. The number of nitrogens with zero attached hydrogens (tertiary/aromatic N) is 2. The summed E-state index contributed by atoms with van der Waals surface area (Å²) in [5, 5.41) is 7.01. The fourth-order valence-electron chi connectivity index (χ4n) is 3.93. The van der Waals surface area contributed by atoms with Gasteiger partial charge >= 0.3 is 0 Å². The summed E-state index contributed by atoms with van der Waals surface area (Å²) in [6.45, 7) is 0. The molecule has 0 fully saturated rings. The van der Waals surface area contributed by atoms with Gasteiger partial charge in [0.15, 0.2) is 0 Å². The molecule has 0 aliphatic carbocycles. The summed E-state index contributed by atoms with van der Waals surface area (Å²) in [4.78, 5) is 17.9. The van der Waals surface area contributed by atoms with Gasteiger partial charge in [-0.05, 0) is 29.7 Å². The molecule has 160 valence electrons. The second kappa shape index (κ2) is 8.93. The van der Waals surface area contributed by atoms with Gasteiger partial charge in [0, 0.05) is 21.9 Å². The normalized spacial score (nSPS) is 11.2. The summed E-state index contributed by atoms with van der Waals surface area (Å²) in [6.07, 6.45) is 1.65. The SMILES string of the molecule is COc1ccc(/C=N/NC(=O)c2cc(-c3ccccc3)nc3ccccc23)c2ccccc12. The van der Waals surface area contributed by atoms with Crippen LogP contribution in [0.15, 0.2) is 102 Å². The van der Waals surface area contributed by atoms with Crippen LogP contribution in [0.1, 0.15) is 15.9 Å². The molecule has 0 aliphatic heterocycles. The second-order valence-corrected chi connectivity index (χ2v) is 7.54. The maximum absolute atomic E-state index is 13.1. The molecular weight excluding hydrogens is 410 g/mol. The molecule has 0 aliphatic rings. The number of methoxy groups -OCH3 is 1. The smallest absolute Gasteiger partial charge is 0.272 e. The van der Waals surface area contributed by atoms with Gasteiger partial charge in [0.2, 0.25) is 0 Å². The van der Waals surface area contributed by atoms with Crippen LogP contribution in [-0.4, -0.2) is 24.2 Å². The minimum atomic E-state index is -0.292. The van der Waals surface area contributed by atoms with Crippen LogP contribution in [0.25, 0.3) is 32.9 Å². The van der Waals surface area contributed by atoms with Crippen molar-refractivity contribution in [2.24, 2.45) is 5.10 Å². The molecule has 5 heteroatoms. The predicted octanol–water partition coefficient (Wildman–Crippen LogP) is 5.83. The van der Waals surface area contributed by atoms with Crippen molar-refractivity contribution >= 4 is 33.8 Å². The van der Waals surface area contributed by atoms with Gasteiger partial charge < -0.3 is 4.74 Å². The zero-order valence-electron chi connectivity index (χ0n) is 18.0. The van der Waals surface area contributed by atoms with E-state index in [0.717, 1.165) is 44.2 Å². The lowest BCUT2D eigenvalue weighted by Crippen LogP contribution is -2.18. The van der Waals surface area contributed by atoms with E-state index in [9.17, 15) is 4.79 Å². The average Bonchev–Trinajstić information content (AvgIpc) is 2.88. The number of rotatable bonds is 5. The van der Waals surface area contributed by atoms with Gasteiger partial charge in [0.05, 0.1) is 30.1 Å². The van der Waals surface area contributed by atoms with Crippen LogP contribution in [-0.2, 0) is 0 Å². The standard InChI is InChI=1S/C28H21N3O2/c1-33-27-16-15-20(21-11-5-6-13-23(21)27)18-29-31-28(32)24-17-26(19-9-3-2-4-10-19)30-25-14-8-7-12-22(24)25/h2-18H,1H3,(H,31,32)/b29-18+. The Labute approximate surface area is 191 Å². The Hall–Kier alpha value is -4.51. The zero-order valence-corrected chi connectivity index (χ0v) is 18.0. The lowest BCUT2D eigenvalue weighted by molar-refractivity contribution is 0.0956. The molecule has 5 rings (SSSR count). The van der Waals surface area contributed by atoms with Gasteiger partial charge in [-0.1, -0.05) is 72.8 Å². The molecule has 0 bridgehead atoms. The highest BCUT2D eigenvalue weighted by Crippen LogP contribution is 2.28. The van der Waals surface area contributed by atoms with Crippen molar-refractivity contribution in [3.05, 3.63) is 108 Å². The third-order valence-electron chi connectivity index (χ3n) is 5.54. The van der Waals surface area contributed by atoms with E-state index in [4.69, 9.17) is 9.72 Å². The Morgan fingerprint density at radius 3 is 2.33 bits per heavy atom. The number of hydrogen-bond acceptors (Lipinski definition) is 4. The minimum Gasteiger partial charge on any atom is -0.496 e. The number of benzene rings is 4. The lowest BCUT2D eigenvalue weighted by atomic mass is 10.0. The van der Waals surface area contributed by atoms with Crippen molar-refractivity contribution in [3.8, 4) is 17.0 Å². The van der Waals surface area contributed by atoms with Crippen molar-refractivity contribution < 1.29 is 9.53 Å². The van der Waals surface area contributed by atoms with Crippen molar-refractivity contribution in [3.63, 3.8) is 0 Å². The predicted molar refractivity (Wildman–Crippen MR) is 133 cm³/mol. The first-order valence-corrected chi connectivity index (χ1v) is 10.6. The first kappa shape index (κ1) is 20.4. The Bertz CT molecular complexity index is 1490. The van der Waals surface area contributed by atoms with Crippen LogP contribution in [0.5, 0.6) is 5.75 Å². The topological polar surface area (TPSA) is 63.6 Å². The number of hydrogen-bond donors (Lipinski definition) is 1. The van der Waals surface area contributed by atoms with E-state index in [1.54, 1.807) is 13.3 Å². The largest absolute Gasteiger partial charge is 0.496 e. The Kier molecular flexibility index (Phi) is 5.52. The number of carbonyl (C=O) groups excluding carboxylic acids is 1. The van der Waals surface area contributed by atoms with Crippen LogP contribution < -0.4 is 10.2 Å². The fourth-order valence-corrected chi connectivity index (χ4v) is 3.93. The highest BCUT2D eigenvalue weighted by molar-refractivity contribution is 6.08. The van der Waals surface area contributed by atoms with E-state index in [-0.39, 0.29) is 5.91 Å². The molecule has 1 heterocycles. The molecule has 33 heavy (non-hydrogen) atoms. The number of hydrazone groups is 1. The molecular formula is C28H21N3O2. The molecule has 0 spiro atoms. The number of nitrogens with one attached hydrogen (secondary N) is 1. The fraction of sp³-hybridized carbons (Fsp3) is 0.0357. The zero-order chi connectivity index (χ0) is 22.6. The number of ether oxygens (including phenoxy) is 1. The highest BCUT2D eigenvalue weighted by Gasteiger charge is 2.13. The van der Waals surface area contributed by atoms with Gasteiger partial charge in [0.1, 0.15) is 5.75 Å². The summed E-state index contributed by atoms with van der Waals surface area (Å²) >= 11 is 0. The molecule has 0 saturated carbocycles. The van der Waals surface area contributed by atoms with E-state index in [2.05, 4.69) is 10.5 Å². The summed E-state index contributed by atoms with van der Waals surface area (Å²) in [6, 6.07) is 31.0. The molecule has 4 aromatic carbocycles. The highest BCUT2D eigenvalue weighted by atomic mass is 16.5. The summed E-state index contributed by atoms with van der Waals surface area (Å²) in [7, 11) is 1.65. The van der Waals surface area contributed by atoms with Crippen LogP contribution in [0.2, 0.25) is 0 Å². The van der Waals surface area contributed by atoms with E-state index in [1.807, 2.05) is 97.1 Å². The third kappa shape index (κ3) is 4.04. The van der Waals surface area contributed by atoms with Crippen molar-refractivity contribution in [2.75, 3.05) is 7.11 Å². The minimum absolute atomic E-state index is 0.292. The molecule has 0 radical (unpaired) electrons. The maximum atomic E-state index is 13.1. The second-order valence-electron chi connectivity index (χ2n) is 7.54. The summed E-state index contributed by atoms with van der Waals surface area (Å²) in [5.74, 6) is 0.503. The average molecular weight is 431 g/mol. The van der Waals surface area contributed by atoms with Gasteiger partial charge in [0.25, 0.3) is 5.91 Å². The van der Waals surface area contributed by atoms with Gasteiger partial charge in [-0.2, -0.15) is 5.10 Å². The van der Waals surface area contributed by atoms with Crippen LogP contribution >= 0.6 is 0 Å². The van der Waals surface area contributed by atoms with Gasteiger partial charge in [-0.15, -0.1) is 0 Å². The lowest BCUT2D eigenvalue weighted by Gasteiger charge is -2.09. The maximum Gasteiger partial charge on any atom is 0.272 e. The molecule has 1 aromatic heterocycles. The van der Waals surface area contributed by atoms with Crippen molar-refractivity contribution in [2.45, 2.75) is 0 Å². The Balaban J connectivity index is 1.48. The molecule has 0 unspecified atom stereocenters. The molecule has 0 atom stereocenters.